The van der Waals surface area contributed by atoms with Crippen LogP contribution >= 0.6 is 0 Å². The van der Waals surface area contributed by atoms with Crippen LogP contribution in [0.3, 0.4) is 0 Å². The van der Waals surface area contributed by atoms with E-state index in [1.807, 2.05) is 36.5 Å². The van der Waals surface area contributed by atoms with Gasteiger partial charge in [-0.15, -0.1) is 0 Å². The molecule has 0 aliphatic rings. The van der Waals surface area contributed by atoms with Crippen LogP contribution in [0, 0.1) is 0 Å². The molecule has 1 unspecified atom stereocenters. The largest absolute Gasteiger partial charge is 0.462 e. The number of carbonyl (C=O) groups excluding carboxylic acids is 3. The van der Waals surface area contributed by atoms with Crippen molar-refractivity contribution in [1.82, 2.24) is 0 Å². The third-order valence-corrected chi connectivity index (χ3v) is 11.1. The van der Waals surface area contributed by atoms with Gasteiger partial charge in [0.1, 0.15) is 13.2 Å². The van der Waals surface area contributed by atoms with E-state index in [0.29, 0.717) is 19.3 Å². The molecule has 0 saturated carbocycles. The minimum atomic E-state index is -0.797. The average molecular weight is 877 g/mol. The zero-order valence-electron chi connectivity index (χ0n) is 41.1. The van der Waals surface area contributed by atoms with Crippen molar-refractivity contribution in [1.29, 1.82) is 0 Å². The molecule has 0 bridgehead atoms. The molecule has 0 fully saturated rings. The first kappa shape index (κ1) is 59.6. The monoisotopic (exact) mass is 877 g/mol. The van der Waals surface area contributed by atoms with E-state index in [0.717, 1.165) is 89.9 Å². The number of ether oxygens (including phenoxy) is 3. The van der Waals surface area contributed by atoms with Gasteiger partial charge in [0.2, 0.25) is 0 Å². The SMILES string of the molecule is CC\C=C/C=C\C=C/C=C\CCCCCC(=O)OCC(COC(=O)CCCCCCCCCCCCCCCCCCC)OC(=O)CCCCCCCCC\C=C/C=C\C=C/CC. The number of rotatable bonds is 46. The van der Waals surface area contributed by atoms with Gasteiger partial charge in [0, 0.05) is 19.3 Å². The summed E-state index contributed by atoms with van der Waals surface area (Å²) in [7, 11) is 0. The molecular formula is C57H96O6. The number of unbranched alkanes of at least 4 members (excludes halogenated alkanes) is 26. The number of carbonyl (C=O) groups is 3. The van der Waals surface area contributed by atoms with Crippen molar-refractivity contribution >= 4 is 17.9 Å². The zero-order chi connectivity index (χ0) is 45.8. The fraction of sp³-hybridized carbons (Fsp3) is 0.702. The lowest BCUT2D eigenvalue weighted by Crippen LogP contribution is -2.30. The third kappa shape index (κ3) is 49.5. The lowest BCUT2D eigenvalue weighted by Gasteiger charge is -2.18. The predicted molar refractivity (Wildman–Crippen MR) is 270 cm³/mol. The van der Waals surface area contributed by atoms with Crippen LogP contribution in [0.15, 0.2) is 85.1 Å². The molecule has 0 spiro atoms. The van der Waals surface area contributed by atoms with E-state index in [-0.39, 0.29) is 31.1 Å². The Morgan fingerprint density at radius 3 is 0.984 bits per heavy atom. The minimum absolute atomic E-state index is 0.0930. The highest BCUT2D eigenvalue weighted by Gasteiger charge is 2.19. The lowest BCUT2D eigenvalue weighted by molar-refractivity contribution is -0.167. The summed E-state index contributed by atoms with van der Waals surface area (Å²) >= 11 is 0. The van der Waals surface area contributed by atoms with Gasteiger partial charge in [0.15, 0.2) is 6.10 Å². The summed E-state index contributed by atoms with van der Waals surface area (Å²) in [5.74, 6) is -0.944. The van der Waals surface area contributed by atoms with Crippen molar-refractivity contribution in [2.45, 2.75) is 245 Å². The van der Waals surface area contributed by atoms with Gasteiger partial charge in [-0.1, -0.05) is 247 Å². The predicted octanol–water partition coefficient (Wildman–Crippen LogP) is 17.2. The fourth-order valence-electron chi connectivity index (χ4n) is 7.16. The Morgan fingerprint density at radius 1 is 0.333 bits per heavy atom. The Labute approximate surface area is 388 Å². The second-order valence-corrected chi connectivity index (χ2v) is 17.2. The van der Waals surface area contributed by atoms with Crippen LogP contribution in [0.2, 0.25) is 0 Å². The fourth-order valence-corrected chi connectivity index (χ4v) is 7.16. The highest BCUT2D eigenvalue weighted by atomic mass is 16.6. The van der Waals surface area contributed by atoms with Gasteiger partial charge in [-0.2, -0.15) is 0 Å². The van der Waals surface area contributed by atoms with E-state index in [9.17, 15) is 14.4 Å². The number of hydrogen-bond donors (Lipinski definition) is 0. The summed E-state index contributed by atoms with van der Waals surface area (Å²) in [6, 6.07) is 0. The molecule has 0 aromatic rings. The summed E-state index contributed by atoms with van der Waals surface area (Å²) in [5, 5.41) is 0. The van der Waals surface area contributed by atoms with Crippen LogP contribution in [0.1, 0.15) is 239 Å². The molecule has 0 heterocycles. The Hall–Kier alpha value is -3.41. The molecule has 0 saturated heterocycles. The van der Waals surface area contributed by atoms with Crippen LogP contribution in [-0.4, -0.2) is 37.2 Å². The van der Waals surface area contributed by atoms with Crippen molar-refractivity contribution < 1.29 is 28.6 Å². The Bertz CT molecular complexity index is 1240. The molecule has 1 atom stereocenters. The van der Waals surface area contributed by atoms with Gasteiger partial charge >= 0.3 is 17.9 Å². The maximum Gasteiger partial charge on any atom is 0.306 e. The van der Waals surface area contributed by atoms with Crippen LogP contribution < -0.4 is 0 Å². The summed E-state index contributed by atoms with van der Waals surface area (Å²) in [6.07, 6.45) is 65.7. The second kappa shape index (κ2) is 51.2. The standard InChI is InChI=1S/C57H96O6/c1-4-7-10-13-16-19-22-25-27-28-30-32-35-38-41-44-47-50-56(59)62-53-54(52-61-55(58)49-46-43-40-37-34-31-24-21-18-15-12-9-6-3)63-57(60)51-48-45-42-39-36-33-29-26-23-20-17-14-11-8-5-2/h8-9,11-12,14-15,17-18,20-21,23-24,31,34,54H,4-7,10,13,16,19,22,25-30,32-33,35-53H2,1-3H3/b11-8-,12-9-,17-14-,18-15-,23-20-,24-21-,34-31-. The zero-order valence-corrected chi connectivity index (χ0v) is 41.1. The van der Waals surface area contributed by atoms with Crippen molar-refractivity contribution in [3.8, 4) is 0 Å². The summed E-state index contributed by atoms with van der Waals surface area (Å²) < 4.78 is 16.8. The van der Waals surface area contributed by atoms with Crippen LogP contribution in [0.5, 0.6) is 0 Å². The minimum Gasteiger partial charge on any atom is -0.462 e. The van der Waals surface area contributed by atoms with E-state index >= 15 is 0 Å². The van der Waals surface area contributed by atoms with Crippen LogP contribution in [0.4, 0.5) is 0 Å². The van der Waals surface area contributed by atoms with Crippen molar-refractivity contribution in [3.63, 3.8) is 0 Å². The quantitative estimate of drug-likeness (QED) is 0.0262. The lowest BCUT2D eigenvalue weighted by atomic mass is 10.0. The van der Waals surface area contributed by atoms with Gasteiger partial charge in [0.25, 0.3) is 0 Å². The topological polar surface area (TPSA) is 78.9 Å². The van der Waals surface area contributed by atoms with Crippen molar-refractivity contribution in [2.75, 3.05) is 13.2 Å². The molecule has 0 amide bonds. The highest BCUT2D eigenvalue weighted by Crippen LogP contribution is 2.16. The van der Waals surface area contributed by atoms with Gasteiger partial charge in [-0.05, 0) is 57.8 Å². The van der Waals surface area contributed by atoms with E-state index in [1.54, 1.807) is 0 Å². The van der Waals surface area contributed by atoms with Crippen molar-refractivity contribution in [2.24, 2.45) is 0 Å². The summed E-state index contributed by atoms with van der Waals surface area (Å²) in [6.45, 7) is 6.33. The van der Waals surface area contributed by atoms with E-state index in [4.69, 9.17) is 14.2 Å². The van der Waals surface area contributed by atoms with Gasteiger partial charge < -0.3 is 14.2 Å². The molecule has 0 aromatic carbocycles. The Balaban J connectivity index is 4.42. The third-order valence-electron chi connectivity index (χ3n) is 11.1. The summed E-state index contributed by atoms with van der Waals surface area (Å²) in [4.78, 5) is 38.0. The van der Waals surface area contributed by atoms with E-state index in [2.05, 4.69) is 69.4 Å². The molecule has 6 heteroatoms. The summed E-state index contributed by atoms with van der Waals surface area (Å²) in [5.41, 5.74) is 0. The first-order chi connectivity index (χ1) is 31.0. The second-order valence-electron chi connectivity index (χ2n) is 17.2. The first-order valence-electron chi connectivity index (χ1n) is 26.2. The smallest absolute Gasteiger partial charge is 0.306 e. The first-order valence-corrected chi connectivity index (χ1v) is 26.2. The van der Waals surface area contributed by atoms with Gasteiger partial charge in [-0.3, -0.25) is 14.4 Å². The van der Waals surface area contributed by atoms with Gasteiger partial charge in [-0.25, -0.2) is 0 Å². The molecule has 6 nitrogen and oxygen atoms in total. The number of allylic oxidation sites excluding steroid dienone is 14. The van der Waals surface area contributed by atoms with Crippen molar-refractivity contribution in [3.05, 3.63) is 85.1 Å². The number of esters is 3. The molecule has 0 radical (unpaired) electrons. The van der Waals surface area contributed by atoms with E-state index < -0.39 is 6.10 Å². The van der Waals surface area contributed by atoms with Crippen LogP contribution in [-0.2, 0) is 28.6 Å². The molecule has 360 valence electrons. The van der Waals surface area contributed by atoms with Gasteiger partial charge in [0.05, 0.1) is 0 Å². The maximum absolute atomic E-state index is 12.8. The molecule has 0 aliphatic heterocycles. The number of hydrogen-bond acceptors (Lipinski definition) is 6. The highest BCUT2D eigenvalue weighted by molar-refractivity contribution is 5.71. The molecule has 0 aliphatic carbocycles. The molecular weight excluding hydrogens is 781 g/mol. The molecule has 0 aromatic heterocycles. The van der Waals surface area contributed by atoms with E-state index in [1.165, 1.54) is 109 Å². The molecule has 63 heavy (non-hydrogen) atoms. The molecule has 0 rings (SSSR count). The normalized spacial score (nSPS) is 12.7. The Morgan fingerprint density at radius 2 is 0.619 bits per heavy atom. The molecule has 0 N–H and O–H groups in total. The Kier molecular flexibility index (Phi) is 48.5. The van der Waals surface area contributed by atoms with Crippen LogP contribution in [0.25, 0.3) is 0 Å². The maximum atomic E-state index is 12.8. The average Bonchev–Trinajstić information content (AvgIpc) is 3.28.